The summed E-state index contributed by atoms with van der Waals surface area (Å²) in [6.45, 7) is 2.34. The molecule has 0 bridgehead atoms. The van der Waals surface area contributed by atoms with E-state index in [0.29, 0.717) is 6.54 Å². The fraction of sp³-hybridized carbons (Fsp3) is 0.417. The molecule has 0 saturated carbocycles. The Labute approximate surface area is 105 Å². The standard InChI is InChI=1S/C12H16ClFN2O/c1-2-3-9(7-15)16-12(17)10-5-4-8(13)6-11(10)14/h4-6,9H,2-3,7,15H2,1H3,(H,16,17). The van der Waals surface area contributed by atoms with Crippen molar-refractivity contribution in [1.82, 2.24) is 5.32 Å². The van der Waals surface area contributed by atoms with E-state index in [2.05, 4.69) is 5.32 Å². The Bertz CT molecular complexity index is 398. The van der Waals surface area contributed by atoms with Crippen molar-refractivity contribution in [2.45, 2.75) is 25.8 Å². The highest BCUT2D eigenvalue weighted by molar-refractivity contribution is 6.30. The summed E-state index contributed by atoms with van der Waals surface area (Å²) >= 11 is 5.61. The molecule has 3 N–H and O–H groups in total. The second kappa shape index (κ2) is 6.57. The zero-order chi connectivity index (χ0) is 12.8. The first-order chi connectivity index (χ1) is 8.08. The van der Waals surface area contributed by atoms with Gasteiger partial charge in [-0.3, -0.25) is 4.79 Å². The minimum Gasteiger partial charge on any atom is -0.348 e. The summed E-state index contributed by atoms with van der Waals surface area (Å²) in [6, 6.07) is 3.85. The first-order valence-corrected chi connectivity index (χ1v) is 5.92. The second-order valence-electron chi connectivity index (χ2n) is 3.82. The van der Waals surface area contributed by atoms with E-state index in [1.54, 1.807) is 0 Å². The van der Waals surface area contributed by atoms with E-state index in [9.17, 15) is 9.18 Å². The lowest BCUT2D eigenvalue weighted by atomic mass is 10.1. The van der Waals surface area contributed by atoms with Gasteiger partial charge in [0.2, 0.25) is 0 Å². The third-order valence-corrected chi connectivity index (χ3v) is 2.67. The predicted octanol–water partition coefficient (Wildman–Crippen LogP) is 2.34. The fourth-order valence-corrected chi connectivity index (χ4v) is 1.69. The Morgan fingerprint density at radius 1 is 1.59 bits per heavy atom. The van der Waals surface area contributed by atoms with E-state index in [1.165, 1.54) is 12.1 Å². The maximum atomic E-state index is 13.5. The molecule has 0 aliphatic rings. The number of halogens is 2. The van der Waals surface area contributed by atoms with Crippen LogP contribution in [0.1, 0.15) is 30.1 Å². The SMILES string of the molecule is CCCC(CN)NC(=O)c1ccc(Cl)cc1F. The number of benzene rings is 1. The molecule has 1 aromatic carbocycles. The molecule has 1 atom stereocenters. The summed E-state index contributed by atoms with van der Waals surface area (Å²) < 4.78 is 13.5. The Morgan fingerprint density at radius 3 is 2.82 bits per heavy atom. The predicted molar refractivity (Wildman–Crippen MR) is 66.6 cm³/mol. The van der Waals surface area contributed by atoms with Crippen LogP contribution in [-0.2, 0) is 0 Å². The van der Waals surface area contributed by atoms with Crippen LogP contribution in [0.2, 0.25) is 5.02 Å². The third kappa shape index (κ3) is 3.98. The number of carbonyl (C=O) groups is 1. The van der Waals surface area contributed by atoms with E-state index < -0.39 is 11.7 Å². The maximum Gasteiger partial charge on any atom is 0.254 e. The van der Waals surface area contributed by atoms with Crippen LogP contribution in [0.25, 0.3) is 0 Å². The largest absolute Gasteiger partial charge is 0.348 e. The van der Waals surface area contributed by atoms with Crippen molar-refractivity contribution in [3.05, 3.63) is 34.6 Å². The number of hydrogen-bond acceptors (Lipinski definition) is 2. The molecule has 3 nitrogen and oxygen atoms in total. The van der Waals surface area contributed by atoms with Crippen LogP contribution < -0.4 is 11.1 Å². The van der Waals surface area contributed by atoms with Gasteiger partial charge < -0.3 is 11.1 Å². The van der Waals surface area contributed by atoms with Crippen molar-refractivity contribution in [2.24, 2.45) is 5.73 Å². The molecule has 1 rings (SSSR count). The van der Waals surface area contributed by atoms with Crippen molar-refractivity contribution < 1.29 is 9.18 Å². The second-order valence-corrected chi connectivity index (χ2v) is 4.26. The van der Waals surface area contributed by atoms with Gasteiger partial charge in [-0.25, -0.2) is 4.39 Å². The number of rotatable bonds is 5. The highest BCUT2D eigenvalue weighted by Gasteiger charge is 2.15. The van der Waals surface area contributed by atoms with Crippen LogP contribution in [-0.4, -0.2) is 18.5 Å². The van der Waals surface area contributed by atoms with Crippen molar-refractivity contribution in [2.75, 3.05) is 6.54 Å². The van der Waals surface area contributed by atoms with Gasteiger partial charge in [-0.15, -0.1) is 0 Å². The molecule has 1 aromatic rings. The molecule has 0 heterocycles. The number of carbonyl (C=O) groups excluding carboxylic acids is 1. The van der Waals surface area contributed by atoms with Gasteiger partial charge in [-0.05, 0) is 24.6 Å². The van der Waals surface area contributed by atoms with E-state index in [-0.39, 0.29) is 16.6 Å². The van der Waals surface area contributed by atoms with Gasteiger partial charge in [0.25, 0.3) is 5.91 Å². The van der Waals surface area contributed by atoms with Gasteiger partial charge >= 0.3 is 0 Å². The Kier molecular flexibility index (Phi) is 5.38. The average molecular weight is 259 g/mol. The van der Waals surface area contributed by atoms with Gasteiger partial charge in [0, 0.05) is 17.6 Å². The first-order valence-electron chi connectivity index (χ1n) is 5.54. The zero-order valence-electron chi connectivity index (χ0n) is 9.67. The highest BCUT2D eigenvalue weighted by atomic mass is 35.5. The number of nitrogens with one attached hydrogen (secondary N) is 1. The van der Waals surface area contributed by atoms with Gasteiger partial charge in [-0.2, -0.15) is 0 Å². The molecule has 1 unspecified atom stereocenters. The lowest BCUT2D eigenvalue weighted by Crippen LogP contribution is -2.40. The molecule has 0 aliphatic heterocycles. The number of amides is 1. The molecule has 1 amide bonds. The van der Waals surface area contributed by atoms with Gasteiger partial charge in [0.05, 0.1) is 5.56 Å². The Morgan fingerprint density at radius 2 is 2.29 bits per heavy atom. The molecular weight excluding hydrogens is 243 g/mol. The molecule has 0 aromatic heterocycles. The minimum atomic E-state index is -0.623. The topological polar surface area (TPSA) is 55.1 Å². The average Bonchev–Trinajstić information content (AvgIpc) is 2.28. The van der Waals surface area contributed by atoms with Crippen molar-refractivity contribution in [1.29, 1.82) is 0 Å². The van der Waals surface area contributed by atoms with Crippen LogP contribution in [0.3, 0.4) is 0 Å². The molecular formula is C12H16ClFN2O. The molecule has 17 heavy (non-hydrogen) atoms. The summed E-state index contributed by atoms with van der Waals surface area (Å²) in [5.74, 6) is -1.08. The maximum absolute atomic E-state index is 13.5. The van der Waals surface area contributed by atoms with Gasteiger partial charge in [0.15, 0.2) is 0 Å². The molecule has 0 fully saturated rings. The molecule has 0 saturated heterocycles. The lowest BCUT2D eigenvalue weighted by molar-refractivity contribution is 0.0932. The molecule has 0 aliphatic carbocycles. The minimum absolute atomic E-state index is 0.0102. The summed E-state index contributed by atoms with van der Waals surface area (Å²) in [4.78, 5) is 11.8. The lowest BCUT2D eigenvalue weighted by Gasteiger charge is -2.16. The summed E-state index contributed by atoms with van der Waals surface area (Å²) in [6.07, 6.45) is 1.68. The van der Waals surface area contributed by atoms with Crippen molar-refractivity contribution in [3.63, 3.8) is 0 Å². The van der Waals surface area contributed by atoms with E-state index >= 15 is 0 Å². The van der Waals surface area contributed by atoms with Crippen LogP contribution in [0.4, 0.5) is 4.39 Å². The van der Waals surface area contributed by atoms with E-state index in [4.69, 9.17) is 17.3 Å². The summed E-state index contributed by atoms with van der Waals surface area (Å²) in [5, 5.41) is 2.96. The number of hydrogen-bond donors (Lipinski definition) is 2. The third-order valence-electron chi connectivity index (χ3n) is 2.43. The van der Waals surface area contributed by atoms with Crippen LogP contribution in [0.5, 0.6) is 0 Å². The summed E-state index contributed by atoms with van der Waals surface area (Å²) in [7, 11) is 0. The Hall–Kier alpha value is -1.13. The van der Waals surface area contributed by atoms with Crippen LogP contribution in [0, 0.1) is 5.82 Å². The molecule has 5 heteroatoms. The van der Waals surface area contributed by atoms with Crippen LogP contribution in [0.15, 0.2) is 18.2 Å². The van der Waals surface area contributed by atoms with E-state index in [1.807, 2.05) is 6.92 Å². The number of nitrogens with two attached hydrogens (primary N) is 1. The fourth-order valence-electron chi connectivity index (χ4n) is 1.53. The van der Waals surface area contributed by atoms with Gasteiger partial charge in [0.1, 0.15) is 5.82 Å². The Balaban J connectivity index is 2.75. The monoisotopic (exact) mass is 258 g/mol. The van der Waals surface area contributed by atoms with Gasteiger partial charge in [-0.1, -0.05) is 24.9 Å². The zero-order valence-corrected chi connectivity index (χ0v) is 10.4. The quantitative estimate of drug-likeness (QED) is 0.852. The highest BCUT2D eigenvalue weighted by Crippen LogP contribution is 2.14. The first kappa shape index (κ1) is 13.9. The smallest absolute Gasteiger partial charge is 0.254 e. The molecule has 0 spiro atoms. The van der Waals surface area contributed by atoms with Crippen molar-refractivity contribution >= 4 is 17.5 Å². The van der Waals surface area contributed by atoms with Crippen molar-refractivity contribution in [3.8, 4) is 0 Å². The summed E-state index contributed by atoms with van der Waals surface area (Å²) in [5.41, 5.74) is 5.51. The molecule has 0 radical (unpaired) electrons. The normalized spacial score (nSPS) is 12.2. The van der Waals surface area contributed by atoms with Crippen LogP contribution >= 0.6 is 11.6 Å². The molecule has 94 valence electrons. The van der Waals surface area contributed by atoms with E-state index in [0.717, 1.165) is 18.9 Å².